The van der Waals surface area contributed by atoms with Gasteiger partial charge in [0.25, 0.3) is 5.91 Å². The van der Waals surface area contributed by atoms with E-state index in [2.05, 4.69) is 5.32 Å². The highest BCUT2D eigenvalue weighted by molar-refractivity contribution is 5.94. The Morgan fingerprint density at radius 2 is 1.94 bits per heavy atom. The fraction of sp³-hybridized carbons (Fsp3) is 0.375. The highest BCUT2D eigenvalue weighted by Crippen LogP contribution is 2.36. The van der Waals surface area contributed by atoms with Crippen molar-refractivity contribution in [3.05, 3.63) is 71.0 Å². The third-order valence-corrected chi connectivity index (χ3v) is 6.41. The molecule has 160 valence electrons. The second-order valence-electron chi connectivity index (χ2n) is 8.31. The molecule has 2 amide bonds. The monoisotopic (exact) mass is 421 g/mol. The minimum absolute atomic E-state index is 0.0168. The Kier molecular flexibility index (Phi) is 5.75. The van der Waals surface area contributed by atoms with Crippen molar-refractivity contribution in [2.45, 2.75) is 37.3 Å². The van der Waals surface area contributed by atoms with E-state index in [4.69, 9.17) is 5.26 Å². The maximum atomic E-state index is 13.8. The number of aliphatic hydroxyl groups excluding tert-OH is 1. The van der Waals surface area contributed by atoms with Crippen molar-refractivity contribution >= 4 is 11.8 Å². The van der Waals surface area contributed by atoms with Gasteiger partial charge in [0.15, 0.2) is 0 Å². The van der Waals surface area contributed by atoms with Crippen molar-refractivity contribution in [1.82, 2.24) is 10.2 Å². The van der Waals surface area contributed by atoms with Gasteiger partial charge in [0, 0.05) is 24.6 Å². The number of carbonyl (C=O) groups excluding carboxylic acids is 2. The Morgan fingerprint density at radius 3 is 2.55 bits per heavy atom. The molecule has 31 heavy (non-hydrogen) atoms. The van der Waals surface area contributed by atoms with E-state index in [1.54, 1.807) is 0 Å². The number of rotatable bonds is 4. The predicted molar refractivity (Wildman–Crippen MR) is 111 cm³/mol. The summed E-state index contributed by atoms with van der Waals surface area (Å²) in [6, 6.07) is 14.7. The molecule has 2 aliphatic rings. The number of carbonyl (C=O) groups is 2. The molecule has 0 aromatic heterocycles. The third kappa shape index (κ3) is 4.04. The zero-order valence-electron chi connectivity index (χ0n) is 17.1. The van der Waals surface area contributed by atoms with Gasteiger partial charge in [-0.3, -0.25) is 9.59 Å². The van der Waals surface area contributed by atoms with Gasteiger partial charge < -0.3 is 15.3 Å². The standard InChI is InChI=1S/C24H24FN3O3/c25-20-12-16(14-26)11-18(13-20)23(31)28-10-9-24(21(29)15-28,19-7-2-1-3-8-19)27-22(30)17-5-4-6-17/h1-3,7-8,11-13,17,21,29H,4-6,9-10,15H2,(H,27,30)/t21-,24+/m1/s1. The molecule has 7 heteroatoms. The average molecular weight is 421 g/mol. The second kappa shape index (κ2) is 8.48. The van der Waals surface area contributed by atoms with Gasteiger partial charge >= 0.3 is 0 Å². The summed E-state index contributed by atoms with van der Waals surface area (Å²) in [6.45, 7) is 0.255. The highest BCUT2D eigenvalue weighted by atomic mass is 19.1. The normalized spacial score (nSPS) is 23.5. The Balaban J connectivity index is 1.58. The van der Waals surface area contributed by atoms with Crippen LogP contribution in [0, 0.1) is 23.1 Å². The number of amides is 2. The molecule has 1 heterocycles. The smallest absolute Gasteiger partial charge is 0.254 e. The molecule has 6 nitrogen and oxygen atoms in total. The number of hydrogen-bond acceptors (Lipinski definition) is 4. The minimum Gasteiger partial charge on any atom is -0.388 e. The molecule has 1 aliphatic heterocycles. The molecule has 2 fully saturated rings. The Labute approximate surface area is 180 Å². The van der Waals surface area contributed by atoms with Crippen LogP contribution >= 0.6 is 0 Å². The quantitative estimate of drug-likeness (QED) is 0.794. The fourth-order valence-corrected chi connectivity index (χ4v) is 4.36. The van der Waals surface area contributed by atoms with Crippen LogP contribution in [0.25, 0.3) is 0 Å². The molecule has 2 N–H and O–H groups in total. The topological polar surface area (TPSA) is 93.4 Å². The fourth-order valence-electron chi connectivity index (χ4n) is 4.36. The number of β-amino-alcohol motifs (C(OH)–C–C–N with tert-alkyl or cyclic N) is 1. The zero-order valence-corrected chi connectivity index (χ0v) is 17.1. The molecule has 1 aliphatic carbocycles. The minimum atomic E-state index is -1.04. The summed E-state index contributed by atoms with van der Waals surface area (Å²) in [5.41, 5.74) is -0.0775. The van der Waals surface area contributed by atoms with Crippen LogP contribution in [0.2, 0.25) is 0 Å². The van der Waals surface area contributed by atoms with Gasteiger partial charge in [-0.15, -0.1) is 0 Å². The average Bonchev–Trinajstić information content (AvgIpc) is 2.73. The largest absolute Gasteiger partial charge is 0.388 e. The van der Waals surface area contributed by atoms with Crippen LogP contribution in [0.15, 0.2) is 48.5 Å². The first-order chi connectivity index (χ1) is 14.9. The van der Waals surface area contributed by atoms with Gasteiger partial charge in [0.05, 0.1) is 23.3 Å². The summed E-state index contributed by atoms with van der Waals surface area (Å²) >= 11 is 0. The summed E-state index contributed by atoms with van der Waals surface area (Å²) in [5, 5.41) is 23.3. The molecular weight excluding hydrogens is 397 g/mol. The van der Waals surface area contributed by atoms with Crippen LogP contribution in [0.3, 0.4) is 0 Å². The van der Waals surface area contributed by atoms with Gasteiger partial charge in [-0.25, -0.2) is 4.39 Å². The zero-order chi connectivity index (χ0) is 22.0. The van der Waals surface area contributed by atoms with E-state index in [1.165, 1.54) is 11.0 Å². The molecule has 1 saturated heterocycles. The summed E-state index contributed by atoms with van der Waals surface area (Å²) in [7, 11) is 0. The van der Waals surface area contributed by atoms with Crippen LogP contribution in [0.4, 0.5) is 4.39 Å². The molecule has 2 atom stereocenters. The highest BCUT2D eigenvalue weighted by Gasteiger charge is 2.47. The van der Waals surface area contributed by atoms with Crippen molar-refractivity contribution in [2.75, 3.05) is 13.1 Å². The molecule has 1 saturated carbocycles. The predicted octanol–water partition coefficient (Wildman–Crippen LogP) is 2.72. The maximum absolute atomic E-state index is 13.8. The maximum Gasteiger partial charge on any atom is 0.254 e. The number of benzene rings is 2. The molecule has 0 spiro atoms. The van der Waals surface area contributed by atoms with Crippen LogP contribution in [-0.4, -0.2) is 41.0 Å². The molecule has 0 radical (unpaired) electrons. The Hall–Kier alpha value is -3.24. The first-order valence-electron chi connectivity index (χ1n) is 10.5. The summed E-state index contributed by atoms with van der Waals surface area (Å²) < 4.78 is 13.8. The lowest BCUT2D eigenvalue weighted by atomic mass is 9.76. The van der Waals surface area contributed by atoms with Crippen LogP contribution < -0.4 is 5.32 Å². The van der Waals surface area contributed by atoms with E-state index in [-0.39, 0.29) is 36.0 Å². The second-order valence-corrected chi connectivity index (χ2v) is 8.31. The first-order valence-corrected chi connectivity index (χ1v) is 10.5. The molecular formula is C24H24FN3O3. The van der Waals surface area contributed by atoms with Crippen molar-refractivity contribution in [1.29, 1.82) is 5.26 Å². The van der Waals surface area contributed by atoms with Gasteiger partial charge in [-0.1, -0.05) is 36.8 Å². The number of piperidine rings is 1. The molecule has 4 rings (SSSR count). The number of halogens is 1. The van der Waals surface area contributed by atoms with Gasteiger partial charge in [-0.2, -0.15) is 5.26 Å². The van der Waals surface area contributed by atoms with Crippen LogP contribution in [-0.2, 0) is 10.3 Å². The van der Waals surface area contributed by atoms with Gasteiger partial charge in [-0.05, 0) is 43.0 Å². The molecule has 0 bridgehead atoms. The number of nitrogens with one attached hydrogen (secondary N) is 1. The van der Waals surface area contributed by atoms with Crippen molar-refractivity contribution in [3.63, 3.8) is 0 Å². The lowest BCUT2D eigenvalue weighted by Crippen LogP contribution is -2.63. The summed E-state index contributed by atoms with van der Waals surface area (Å²) in [6.07, 6.45) is 2.00. The van der Waals surface area contributed by atoms with E-state index < -0.39 is 23.4 Å². The van der Waals surface area contributed by atoms with E-state index in [0.717, 1.165) is 37.0 Å². The number of nitrogens with zero attached hydrogens (tertiary/aromatic N) is 2. The lowest BCUT2D eigenvalue weighted by Gasteiger charge is -2.47. The van der Waals surface area contributed by atoms with Crippen LogP contribution in [0.1, 0.15) is 47.2 Å². The van der Waals surface area contributed by atoms with Crippen molar-refractivity contribution in [3.8, 4) is 6.07 Å². The molecule has 2 aromatic carbocycles. The summed E-state index contributed by atoms with van der Waals surface area (Å²) in [5.74, 6) is -1.23. The first kappa shape index (κ1) is 21.0. The third-order valence-electron chi connectivity index (χ3n) is 6.41. The summed E-state index contributed by atoms with van der Waals surface area (Å²) in [4.78, 5) is 27.2. The SMILES string of the molecule is N#Cc1cc(F)cc(C(=O)N2CC[C@](NC(=O)C3CCC3)(c3ccccc3)[C@H](O)C2)c1. The van der Waals surface area contributed by atoms with E-state index in [9.17, 15) is 19.1 Å². The van der Waals surface area contributed by atoms with Gasteiger partial charge in [0.1, 0.15) is 5.82 Å². The van der Waals surface area contributed by atoms with Crippen molar-refractivity contribution in [2.24, 2.45) is 5.92 Å². The lowest BCUT2D eigenvalue weighted by molar-refractivity contribution is -0.133. The number of hydrogen-bond donors (Lipinski definition) is 2. The number of likely N-dealkylation sites (tertiary alicyclic amines) is 1. The Bertz CT molecular complexity index is 1030. The number of aliphatic hydroxyl groups is 1. The van der Waals surface area contributed by atoms with Gasteiger partial charge in [0.2, 0.25) is 5.91 Å². The molecule has 2 aromatic rings. The van der Waals surface area contributed by atoms with E-state index >= 15 is 0 Å². The number of nitriles is 1. The molecule has 0 unspecified atom stereocenters. The van der Waals surface area contributed by atoms with Crippen LogP contribution in [0.5, 0.6) is 0 Å². The Morgan fingerprint density at radius 1 is 1.19 bits per heavy atom. The van der Waals surface area contributed by atoms with Crippen molar-refractivity contribution < 1.29 is 19.1 Å². The van der Waals surface area contributed by atoms with E-state index in [1.807, 2.05) is 36.4 Å². The van der Waals surface area contributed by atoms with E-state index in [0.29, 0.717) is 6.42 Å².